The molecule has 0 saturated carbocycles. The molecule has 0 amide bonds. The number of alkyl halides is 7. The second-order valence-corrected chi connectivity index (χ2v) is 8.24. The molecule has 1 heterocycles. The second kappa shape index (κ2) is 7.27. The Morgan fingerprint density at radius 2 is 1.65 bits per heavy atom. The van der Waals surface area contributed by atoms with Crippen LogP contribution < -0.4 is 0 Å². The maximum absolute atomic E-state index is 13.9. The topological polar surface area (TPSA) is 30.2 Å². The molecule has 0 N–H and O–H groups in total. The van der Waals surface area contributed by atoms with Gasteiger partial charge in [0, 0.05) is 15.4 Å². The van der Waals surface area contributed by atoms with Gasteiger partial charge in [0.05, 0.1) is 11.2 Å². The molecule has 12 heteroatoms. The molecular formula is C14H7Br2F7O2S. The van der Waals surface area contributed by atoms with E-state index < -0.39 is 33.0 Å². The highest BCUT2D eigenvalue weighted by Gasteiger charge is 2.76. The quantitative estimate of drug-likeness (QED) is 0.424. The molecular weight excluding hydrogens is 525 g/mol. The van der Waals surface area contributed by atoms with E-state index in [0.29, 0.717) is 0 Å². The summed E-state index contributed by atoms with van der Waals surface area (Å²) in [6.45, 7) is 0. The predicted molar refractivity (Wildman–Crippen MR) is 85.7 cm³/mol. The zero-order valence-corrected chi connectivity index (χ0v) is 16.2. The van der Waals surface area contributed by atoms with Crippen LogP contribution in [0.1, 0.15) is 11.3 Å². The van der Waals surface area contributed by atoms with E-state index in [1.807, 2.05) is 0 Å². The van der Waals surface area contributed by atoms with Gasteiger partial charge in [0.25, 0.3) is 0 Å². The number of hydrogen-bond acceptors (Lipinski definition) is 2. The minimum atomic E-state index is -6.57. The third-order valence-electron chi connectivity index (χ3n) is 3.20. The van der Waals surface area contributed by atoms with Crippen LogP contribution in [0, 0.1) is 0 Å². The van der Waals surface area contributed by atoms with Crippen LogP contribution in [0.15, 0.2) is 48.8 Å². The molecule has 0 aliphatic heterocycles. The van der Waals surface area contributed by atoms with E-state index in [1.165, 1.54) is 24.5 Å². The molecule has 1 aromatic carbocycles. The predicted octanol–water partition coefficient (Wildman–Crippen LogP) is 6.29. The van der Waals surface area contributed by atoms with E-state index in [-0.39, 0.29) is 26.7 Å². The standard InChI is InChI=1S/C14H7Br2F7O2S/c15-7-4-10(16)9(6-8-2-1-3-25-8)11(5-7)26(24)14(22,23)12(17,18)13(19,20)21/h1-5H,6H2. The van der Waals surface area contributed by atoms with Gasteiger partial charge in [0.1, 0.15) is 16.6 Å². The number of furan rings is 1. The Balaban J connectivity index is 2.58. The minimum Gasteiger partial charge on any atom is -0.469 e. The zero-order chi connectivity index (χ0) is 19.9. The lowest BCUT2D eigenvalue weighted by atomic mass is 10.1. The number of hydrogen-bond donors (Lipinski definition) is 0. The summed E-state index contributed by atoms with van der Waals surface area (Å²) < 4.78 is 109. The van der Waals surface area contributed by atoms with E-state index in [0.717, 1.165) is 6.07 Å². The summed E-state index contributed by atoms with van der Waals surface area (Å²) in [5.41, 5.74) is -0.167. The van der Waals surface area contributed by atoms with Crippen LogP contribution in [-0.4, -0.2) is 21.6 Å². The van der Waals surface area contributed by atoms with E-state index in [1.54, 1.807) is 0 Å². The molecule has 26 heavy (non-hydrogen) atoms. The van der Waals surface area contributed by atoms with Crippen LogP contribution in [0.3, 0.4) is 0 Å². The lowest BCUT2D eigenvalue weighted by molar-refractivity contribution is -0.331. The van der Waals surface area contributed by atoms with Gasteiger partial charge >= 0.3 is 17.4 Å². The summed E-state index contributed by atoms with van der Waals surface area (Å²) in [6, 6.07) is 5.05. The maximum atomic E-state index is 13.9. The first-order valence-electron chi connectivity index (χ1n) is 6.53. The van der Waals surface area contributed by atoms with E-state index in [4.69, 9.17) is 4.42 Å². The third-order valence-corrected chi connectivity index (χ3v) is 5.86. The lowest BCUT2D eigenvalue weighted by Crippen LogP contribution is -2.54. The highest BCUT2D eigenvalue weighted by Crippen LogP contribution is 2.50. The smallest absolute Gasteiger partial charge is 0.461 e. The summed E-state index contributed by atoms with van der Waals surface area (Å²) in [6.07, 6.45) is -5.57. The summed E-state index contributed by atoms with van der Waals surface area (Å²) in [4.78, 5) is -0.878. The number of halogens is 9. The Morgan fingerprint density at radius 3 is 2.15 bits per heavy atom. The molecule has 0 aliphatic rings. The molecule has 2 nitrogen and oxygen atoms in total. The highest BCUT2D eigenvalue weighted by atomic mass is 79.9. The molecule has 144 valence electrons. The summed E-state index contributed by atoms with van der Waals surface area (Å²) in [7, 11) is -4.01. The van der Waals surface area contributed by atoms with E-state index in [9.17, 15) is 34.9 Å². The normalized spacial score (nSPS) is 14.5. The average molecular weight is 532 g/mol. The molecule has 0 bridgehead atoms. The van der Waals surface area contributed by atoms with Crippen molar-refractivity contribution in [3.63, 3.8) is 0 Å². The zero-order valence-electron chi connectivity index (χ0n) is 12.2. The first-order valence-corrected chi connectivity index (χ1v) is 9.27. The lowest BCUT2D eigenvalue weighted by Gasteiger charge is -2.28. The summed E-state index contributed by atoms with van der Waals surface area (Å²) in [5.74, 6) is -6.28. The molecule has 0 radical (unpaired) electrons. The molecule has 0 aliphatic carbocycles. The van der Waals surface area contributed by atoms with E-state index in [2.05, 4.69) is 31.9 Å². The first kappa shape index (κ1) is 21.4. The van der Waals surface area contributed by atoms with Crippen molar-refractivity contribution in [3.05, 3.63) is 50.8 Å². The minimum absolute atomic E-state index is 0.0574. The summed E-state index contributed by atoms with van der Waals surface area (Å²) in [5, 5.41) is -5.89. The highest BCUT2D eigenvalue weighted by molar-refractivity contribution is 9.11. The Morgan fingerprint density at radius 1 is 1.04 bits per heavy atom. The fourth-order valence-electron chi connectivity index (χ4n) is 1.92. The van der Waals surface area contributed by atoms with Crippen molar-refractivity contribution < 1.29 is 39.4 Å². The SMILES string of the molecule is O=S(c1cc(Br)cc(Br)c1Cc1ccco1)C(F)(F)C(F)(F)C(F)(F)F. The van der Waals surface area contributed by atoms with Crippen LogP contribution in [0.25, 0.3) is 0 Å². The van der Waals surface area contributed by atoms with Crippen molar-refractivity contribution in [1.29, 1.82) is 0 Å². The van der Waals surface area contributed by atoms with Crippen molar-refractivity contribution in [2.24, 2.45) is 0 Å². The average Bonchev–Trinajstić information content (AvgIpc) is 3.00. The molecule has 2 rings (SSSR count). The molecule has 1 atom stereocenters. The monoisotopic (exact) mass is 530 g/mol. The Kier molecular flexibility index (Phi) is 5.99. The first-order chi connectivity index (χ1) is 11.8. The maximum Gasteiger partial charge on any atom is 0.461 e. The van der Waals surface area contributed by atoms with Crippen molar-refractivity contribution >= 4 is 42.7 Å². The number of rotatable bonds is 5. The van der Waals surface area contributed by atoms with Gasteiger partial charge in [-0.25, -0.2) is 4.21 Å². The van der Waals surface area contributed by atoms with Crippen molar-refractivity contribution in [2.45, 2.75) is 28.7 Å². The van der Waals surface area contributed by atoms with Gasteiger partial charge in [-0.3, -0.25) is 0 Å². The van der Waals surface area contributed by atoms with Gasteiger partial charge in [-0.1, -0.05) is 31.9 Å². The Hall–Kier alpha value is -0.880. The van der Waals surface area contributed by atoms with Gasteiger partial charge < -0.3 is 4.42 Å². The fraction of sp³-hybridized carbons (Fsp3) is 0.286. The van der Waals surface area contributed by atoms with Gasteiger partial charge in [0.15, 0.2) is 0 Å². The van der Waals surface area contributed by atoms with E-state index >= 15 is 0 Å². The van der Waals surface area contributed by atoms with Gasteiger partial charge in [-0.15, -0.1) is 0 Å². The Bertz CT molecular complexity index is 819. The summed E-state index contributed by atoms with van der Waals surface area (Å²) >= 11 is 5.92. The van der Waals surface area contributed by atoms with Crippen LogP contribution in [0.5, 0.6) is 0 Å². The number of benzene rings is 1. The van der Waals surface area contributed by atoms with Crippen molar-refractivity contribution in [3.8, 4) is 0 Å². The Labute approximate surface area is 161 Å². The largest absolute Gasteiger partial charge is 0.469 e. The molecule has 1 aromatic heterocycles. The van der Waals surface area contributed by atoms with Crippen LogP contribution >= 0.6 is 31.9 Å². The molecule has 0 fully saturated rings. The van der Waals surface area contributed by atoms with Crippen molar-refractivity contribution in [1.82, 2.24) is 0 Å². The van der Waals surface area contributed by atoms with Gasteiger partial charge in [-0.05, 0) is 29.8 Å². The van der Waals surface area contributed by atoms with Gasteiger partial charge in [0.2, 0.25) is 0 Å². The second-order valence-electron chi connectivity index (χ2n) is 4.98. The van der Waals surface area contributed by atoms with Gasteiger partial charge in [-0.2, -0.15) is 30.7 Å². The van der Waals surface area contributed by atoms with Crippen LogP contribution in [0.4, 0.5) is 30.7 Å². The molecule has 0 saturated heterocycles. The molecule has 2 aromatic rings. The van der Waals surface area contributed by atoms with Crippen LogP contribution in [-0.2, 0) is 17.2 Å². The molecule has 1 unspecified atom stereocenters. The fourth-order valence-corrected chi connectivity index (χ4v) is 4.84. The van der Waals surface area contributed by atoms with Crippen molar-refractivity contribution in [2.75, 3.05) is 0 Å². The molecule has 0 spiro atoms. The van der Waals surface area contributed by atoms with Crippen LogP contribution in [0.2, 0.25) is 0 Å². The third kappa shape index (κ3) is 3.86.